The van der Waals surface area contributed by atoms with Crippen LogP contribution in [0.2, 0.25) is 5.02 Å². The molecule has 0 amide bonds. The second kappa shape index (κ2) is 6.73. The normalized spacial score (nSPS) is 12.3. The van der Waals surface area contributed by atoms with Gasteiger partial charge in [-0.25, -0.2) is 0 Å². The van der Waals surface area contributed by atoms with Gasteiger partial charge in [0.2, 0.25) is 0 Å². The first-order chi connectivity index (χ1) is 10.8. The average Bonchev–Trinajstić information content (AvgIpc) is 2.55. The zero-order valence-electron chi connectivity index (χ0n) is 11.9. The van der Waals surface area contributed by atoms with Crippen molar-refractivity contribution in [1.82, 2.24) is 9.97 Å². The van der Waals surface area contributed by atoms with Crippen molar-refractivity contribution in [2.24, 2.45) is 0 Å². The van der Waals surface area contributed by atoms with Gasteiger partial charge in [-0.05, 0) is 30.2 Å². The van der Waals surface area contributed by atoms with Gasteiger partial charge in [-0.3, -0.25) is 9.97 Å². The molecule has 0 saturated carbocycles. The number of benzene rings is 1. The van der Waals surface area contributed by atoms with Crippen LogP contribution >= 0.6 is 11.6 Å². The Kier molecular flexibility index (Phi) is 4.51. The van der Waals surface area contributed by atoms with Gasteiger partial charge in [-0.1, -0.05) is 29.8 Å². The van der Waals surface area contributed by atoms with E-state index < -0.39 is 6.10 Å². The lowest BCUT2D eigenvalue weighted by molar-refractivity contribution is 0.172. The second-order valence-corrected chi connectivity index (χ2v) is 5.42. The Morgan fingerprint density at radius 3 is 2.86 bits per heavy atom. The first-order valence-corrected chi connectivity index (χ1v) is 7.48. The molecular weight excluding hydrogens is 298 g/mol. The highest BCUT2D eigenvalue weighted by molar-refractivity contribution is 6.31. The van der Waals surface area contributed by atoms with Crippen LogP contribution in [0.4, 0.5) is 5.69 Å². The number of hydrogen-bond acceptors (Lipinski definition) is 4. The van der Waals surface area contributed by atoms with Crippen LogP contribution in [0.1, 0.15) is 18.1 Å². The summed E-state index contributed by atoms with van der Waals surface area (Å²) in [5.74, 6) is 0. The number of rotatable bonds is 5. The van der Waals surface area contributed by atoms with E-state index in [0.717, 1.165) is 22.2 Å². The van der Waals surface area contributed by atoms with Crippen LogP contribution in [0, 0.1) is 0 Å². The van der Waals surface area contributed by atoms with Gasteiger partial charge < -0.3 is 10.4 Å². The summed E-state index contributed by atoms with van der Waals surface area (Å²) in [5.41, 5.74) is 2.49. The van der Waals surface area contributed by atoms with Crippen molar-refractivity contribution in [2.75, 3.05) is 11.9 Å². The van der Waals surface area contributed by atoms with Crippen LogP contribution < -0.4 is 5.32 Å². The minimum atomic E-state index is -0.600. The summed E-state index contributed by atoms with van der Waals surface area (Å²) in [4.78, 5) is 8.56. The Hall–Kier alpha value is -2.17. The molecule has 0 radical (unpaired) electrons. The molecule has 1 aromatic carbocycles. The molecular formula is C17H16ClN3O. The molecule has 0 aliphatic carbocycles. The van der Waals surface area contributed by atoms with E-state index in [1.165, 1.54) is 0 Å². The minimum Gasteiger partial charge on any atom is -0.388 e. The molecule has 5 heteroatoms. The Bertz CT molecular complexity index is 773. The van der Waals surface area contributed by atoms with Crippen molar-refractivity contribution in [2.45, 2.75) is 12.5 Å². The number of nitrogens with zero attached hydrogens (tertiary/aromatic N) is 2. The molecule has 2 N–H and O–H groups in total. The second-order valence-electron chi connectivity index (χ2n) is 5.01. The van der Waals surface area contributed by atoms with Crippen molar-refractivity contribution in [1.29, 1.82) is 0 Å². The number of fused-ring (bicyclic) bond motifs is 1. The quantitative estimate of drug-likeness (QED) is 0.752. The molecule has 3 aromatic rings. The summed E-state index contributed by atoms with van der Waals surface area (Å²) in [5, 5.41) is 15.1. The number of aliphatic hydroxyl groups excluding tert-OH is 1. The SMILES string of the molecule is OC(CCNc1cncc2cccnc12)c1ccccc1Cl. The monoisotopic (exact) mass is 313 g/mol. The topological polar surface area (TPSA) is 58.0 Å². The summed E-state index contributed by atoms with van der Waals surface area (Å²) in [6, 6.07) is 11.2. The van der Waals surface area contributed by atoms with Gasteiger partial charge in [0.25, 0.3) is 0 Å². The maximum absolute atomic E-state index is 10.2. The van der Waals surface area contributed by atoms with Crippen molar-refractivity contribution in [3.63, 3.8) is 0 Å². The van der Waals surface area contributed by atoms with Gasteiger partial charge in [-0.15, -0.1) is 0 Å². The van der Waals surface area contributed by atoms with Gasteiger partial charge in [0.05, 0.1) is 23.5 Å². The predicted molar refractivity (Wildman–Crippen MR) is 89.1 cm³/mol. The van der Waals surface area contributed by atoms with E-state index in [4.69, 9.17) is 11.6 Å². The maximum atomic E-state index is 10.2. The van der Waals surface area contributed by atoms with Crippen LogP contribution in [0.25, 0.3) is 10.9 Å². The molecule has 0 aliphatic heterocycles. The Balaban J connectivity index is 1.66. The highest BCUT2D eigenvalue weighted by atomic mass is 35.5. The first-order valence-electron chi connectivity index (χ1n) is 7.11. The van der Waals surface area contributed by atoms with E-state index in [9.17, 15) is 5.11 Å². The summed E-state index contributed by atoms with van der Waals surface area (Å²) in [7, 11) is 0. The zero-order chi connectivity index (χ0) is 15.4. The number of halogens is 1. The Morgan fingerprint density at radius 1 is 1.14 bits per heavy atom. The van der Waals surface area contributed by atoms with E-state index in [0.29, 0.717) is 18.0 Å². The molecule has 2 heterocycles. The van der Waals surface area contributed by atoms with Crippen LogP contribution in [-0.4, -0.2) is 21.6 Å². The fourth-order valence-electron chi connectivity index (χ4n) is 2.37. The van der Waals surface area contributed by atoms with Crippen LogP contribution in [-0.2, 0) is 0 Å². The Morgan fingerprint density at radius 2 is 2.00 bits per heavy atom. The molecule has 22 heavy (non-hydrogen) atoms. The number of aliphatic hydroxyl groups is 1. The third-order valence-electron chi connectivity index (χ3n) is 3.51. The number of nitrogens with one attached hydrogen (secondary N) is 1. The van der Waals surface area contributed by atoms with E-state index in [1.54, 1.807) is 24.7 Å². The molecule has 1 atom stereocenters. The van der Waals surface area contributed by atoms with E-state index in [-0.39, 0.29) is 0 Å². The standard InChI is InChI=1S/C17H16ClN3O/c18-14-6-2-1-5-13(14)16(22)7-9-20-15-11-19-10-12-4-3-8-21-17(12)15/h1-6,8,10-11,16,20,22H,7,9H2. The summed E-state index contributed by atoms with van der Waals surface area (Å²) >= 11 is 6.09. The molecule has 0 fully saturated rings. The highest BCUT2D eigenvalue weighted by Crippen LogP contribution is 2.25. The third-order valence-corrected chi connectivity index (χ3v) is 3.85. The number of anilines is 1. The molecule has 112 valence electrons. The lowest BCUT2D eigenvalue weighted by Crippen LogP contribution is -2.08. The van der Waals surface area contributed by atoms with Crippen LogP contribution in [0.3, 0.4) is 0 Å². The smallest absolute Gasteiger partial charge is 0.0964 e. The number of hydrogen-bond donors (Lipinski definition) is 2. The molecule has 4 nitrogen and oxygen atoms in total. The van der Waals surface area contributed by atoms with Gasteiger partial charge in [0, 0.05) is 29.3 Å². The van der Waals surface area contributed by atoms with Crippen molar-refractivity contribution >= 4 is 28.2 Å². The minimum absolute atomic E-state index is 0.549. The first kappa shape index (κ1) is 14.8. The van der Waals surface area contributed by atoms with Gasteiger partial charge >= 0.3 is 0 Å². The fourth-order valence-corrected chi connectivity index (χ4v) is 2.64. The van der Waals surface area contributed by atoms with E-state index in [2.05, 4.69) is 15.3 Å². The van der Waals surface area contributed by atoms with Crippen molar-refractivity contribution < 1.29 is 5.11 Å². The molecule has 0 spiro atoms. The number of pyridine rings is 2. The zero-order valence-corrected chi connectivity index (χ0v) is 12.7. The molecule has 0 saturated heterocycles. The number of aromatic nitrogens is 2. The highest BCUT2D eigenvalue weighted by Gasteiger charge is 2.11. The maximum Gasteiger partial charge on any atom is 0.0964 e. The summed E-state index contributed by atoms with van der Waals surface area (Å²) in [6.45, 7) is 0.601. The third kappa shape index (κ3) is 3.18. The van der Waals surface area contributed by atoms with Crippen LogP contribution in [0.5, 0.6) is 0 Å². The van der Waals surface area contributed by atoms with E-state index in [1.807, 2.05) is 30.3 Å². The molecule has 0 bridgehead atoms. The average molecular weight is 314 g/mol. The molecule has 3 rings (SSSR count). The van der Waals surface area contributed by atoms with Crippen molar-refractivity contribution in [3.05, 3.63) is 65.6 Å². The van der Waals surface area contributed by atoms with E-state index >= 15 is 0 Å². The molecule has 1 unspecified atom stereocenters. The van der Waals surface area contributed by atoms with Gasteiger partial charge in [-0.2, -0.15) is 0 Å². The van der Waals surface area contributed by atoms with Gasteiger partial charge in [0.1, 0.15) is 0 Å². The largest absolute Gasteiger partial charge is 0.388 e. The van der Waals surface area contributed by atoms with Crippen LogP contribution in [0.15, 0.2) is 55.0 Å². The predicted octanol–water partition coefficient (Wildman–Crippen LogP) is 3.82. The lowest BCUT2D eigenvalue weighted by atomic mass is 10.1. The Labute approximate surface area is 133 Å². The van der Waals surface area contributed by atoms with Gasteiger partial charge in [0.15, 0.2) is 0 Å². The fraction of sp³-hybridized carbons (Fsp3) is 0.176. The molecule has 0 aliphatic rings. The molecule has 2 aromatic heterocycles. The summed E-state index contributed by atoms with van der Waals surface area (Å²) in [6.07, 6.45) is 5.24. The lowest BCUT2D eigenvalue weighted by Gasteiger charge is -2.14. The summed E-state index contributed by atoms with van der Waals surface area (Å²) < 4.78 is 0. The van der Waals surface area contributed by atoms with Crippen molar-refractivity contribution in [3.8, 4) is 0 Å².